The fourth-order valence-electron chi connectivity index (χ4n) is 2.68. The normalized spacial score (nSPS) is 14.3. The molecule has 1 aromatic heterocycles. The number of anilines is 1. The van der Waals surface area contributed by atoms with Crippen LogP contribution in [0.2, 0.25) is 0 Å². The second-order valence-electron chi connectivity index (χ2n) is 5.87. The number of ketones is 1. The van der Waals surface area contributed by atoms with E-state index in [1.807, 2.05) is 0 Å². The Bertz CT molecular complexity index is 1120. The van der Waals surface area contributed by atoms with Gasteiger partial charge >= 0.3 is 0 Å². The van der Waals surface area contributed by atoms with Crippen LogP contribution in [-0.4, -0.2) is 35.1 Å². The van der Waals surface area contributed by atoms with Crippen LogP contribution in [0.1, 0.15) is 21.7 Å². The maximum Gasteiger partial charge on any atom is 0.246 e. The minimum atomic E-state index is -4.30. The van der Waals surface area contributed by atoms with Crippen LogP contribution >= 0.6 is 11.3 Å². The Morgan fingerprint density at radius 2 is 1.70 bits per heavy atom. The number of halogens is 2. The highest BCUT2D eigenvalue weighted by Crippen LogP contribution is 2.49. The van der Waals surface area contributed by atoms with Crippen LogP contribution in [0.15, 0.2) is 18.2 Å². The predicted molar refractivity (Wildman–Crippen MR) is 95.6 cm³/mol. The molecule has 7 nitrogen and oxygen atoms in total. The number of carbonyl (C=O) groups excluding carboxylic acids is 1. The lowest BCUT2D eigenvalue weighted by Crippen LogP contribution is -2.34. The van der Waals surface area contributed by atoms with Crippen LogP contribution in [0, 0.1) is 11.6 Å². The molecule has 1 heterocycles. The Hall–Kier alpha value is -2.05. The molecule has 0 fully saturated rings. The summed E-state index contributed by atoms with van der Waals surface area (Å²) in [6.07, 6.45) is 1.69. The summed E-state index contributed by atoms with van der Waals surface area (Å²) in [5.74, 6) is -2.88. The average molecular weight is 437 g/mol. The third-order valence-corrected chi connectivity index (χ3v) is 8.34. The molecule has 2 aromatic rings. The minimum Gasteiger partial charge on any atom is -0.451 e. The van der Waals surface area contributed by atoms with E-state index in [-0.39, 0.29) is 38.0 Å². The Morgan fingerprint density at radius 1 is 1.07 bits per heavy atom. The lowest BCUT2D eigenvalue weighted by atomic mass is 10.2. The molecule has 3 rings (SSSR count). The van der Waals surface area contributed by atoms with Gasteiger partial charge in [-0.05, 0) is 18.6 Å². The fourth-order valence-corrected chi connectivity index (χ4v) is 7.51. The lowest BCUT2D eigenvalue weighted by molar-refractivity contribution is 0.0998. The summed E-state index contributed by atoms with van der Waals surface area (Å²) in [7, 11) is -8.60. The summed E-state index contributed by atoms with van der Waals surface area (Å²) < 4.78 is 81.1. The molecule has 0 unspecified atom stereocenters. The second-order valence-corrected chi connectivity index (χ2v) is 10.8. The highest BCUT2D eigenvalue weighted by atomic mass is 32.3. The van der Waals surface area contributed by atoms with Crippen LogP contribution in [0.25, 0.3) is 0 Å². The van der Waals surface area contributed by atoms with Crippen LogP contribution < -0.4 is 8.45 Å². The first-order valence-corrected chi connectivity index (χ1v) is 11.9. The number of Topliss-reactive ketones (excluding diaryl/α,β-unsaturated/α-hetero) is 1. The van der Waals surface area contributed by atoms with Crippen LogP contribution in [0.3, 0.4) is 0 Å². The van der Waals surface area contributed by atoms with Crippen LogP contribution in [-0.2, 0) is 26.5 Å². The van der Waals surface area contributed by atoms with Crippen molar-refractivity contribution < 1.29 is 35.1 Å². The van der Waals surface area contributed by atoms with Crippen molar-refractivity contribution in [3.63, 3.8) is 0 Å². The first-order chi connectivity index (χ1) is 12.4. The minimum absolute atomic E-state index is 0.140. The number of fused-ring (bicyclic) bond motifs is 1. The number of thiophene rings is 1. The Kier molecular flexibility index (Phi) is 4.77. The van der Waals surface area contributed by atoms with Gasteiger partial charge in [-0.25, -0.2) is 25.6 Å². The van der Waals surface area contributed by atoms with Crippen molar-refractivity contribution >= 4 is 42.2 Å². The van der Waals surface area contributed by atoms with E-state index in [9.17, 15) is 30.4 Å². The molecule has 1 aliphatic rings. The Balaban J connectivity index is 2.24. The van der Waals surface area contributed by atoms with Gasteiger partial charge in [-0.3, -0.25) is 4.79 Å². The summed E-state index contributed by atoms with van der Waals surface area (Å²) in [4.78, 5) is 12.2. The molecule has 146 valence electrons. The summed E-state index contributed by atoms with van der Waals surface area (Å²) in [5.41, 5.74) is 0.293. The van der Waals surface area contributed by atoms with E-state index in [2.05, 4.69) is 0 Å². The van der Waals surface area contributed by atoms with Crippen molar-refractivity contribution in [2.75, 3.05) is 16.2 Å². The smallest absolute Gasteiger partial charge is 0.246 e. The van der Waals surface area contributed by atoms with E-state index in [0.717, 1.165) is 12.1 Å². The number of rotatable bonds is 5. The number of nitrogens with zero attached hydrogens (tertiary/aromatic N) is 1. The van der Waals surface area contributed by atoms with E-state index in [1.165, 1.54) is 0 Å². The SMILES string of the molecule is CS(=O)(=O)N(c1sc2c(c1Oc1ccc(F)cc1F)CCC2=O)S(C)(=O)=O. The molecule has 1 aromatic carbocycles. The van der Waals surface area contributed by atoms with Gasteiger partial charge in [0.05, 0.1) is 17.4 Å². The number of sulfonamides is 2. The highest BCUT2D eigenvalue weighted by molar-refractivity contribution is 8.09. The molecule has 0 atom stereocenters. The molecule has 27 heavy (non-hydrogen) atoms. The largest absolute Gasteiger partial charge is 0.451 e. The Morgan fingerprint density at radius 3 is 2.26 bits per heavy atom. The first kappa shape index (κ1) is 19.7. The molecule has 0 spiro atoms. The zero-order valence-electron chi connectivity index (χ0n) is 14.0. The maximum absolute atomic E-state index is 14.0. The molecule has 0 N–H and O–H groups in total. The lowest BCUT2D eigenvalue weighted by Gasteiger charge is -2.20. The molecular formula is C15H13F2NO6S3. The molecule has 0 radical (unpaired) electrons. The van der Waals surface area contributed by atoms with E-state index >= 15 is 0 Å². The van der Waals surface area contributed by atoms with Crippen LogP contribution in [0.5, 0.6) is 11.5 Å². The first-order valence-electron chi connectivity index (χ1n) is 7.42. The summed E-state index contributed by atoms with van der Waals surface area (Å²) in [6.45, 7) is 0. The number of hydrogen-bond acceptors (Lipinski definition) is 7. The van der Waals surface area contributed by atoms with Gasteiger partial charge in [-0.1, -0.05) is 0 Å². The van der Waals surface area contributed by atoms with Gasteiger partial charge in [-0.15, -0.1) is 11.3 Å². The number of carbonyl (C=O) groups is 1. The van der Waals surface area contributed by atoms with Crippen molar-refractivity contribution in [1.29, 1.82) is 0 Å². The van der Waals surface area contributed by atoms with Crippen molar-refractivity contribution in [3.8, 4) is 11.5 Å². The average Bonchev–Trinajstić information content (AvgIpc) is 3.00. The van der Waals surface area contributed by atoms with E-state index in [0.29, 0.717) is 35.5 Å². The zero-order valence-corrected chi connectivity index (χ0v) is 16.5. The fraction of sp³-hybridized carbons (Fsp3) is 0.267. The third-order valence-electron chi connectivity index (χ3n) is 3.67. The van der Waals surface area contributed by atoms with Crippen molar-refractivity contribution in [3.05, 3.63) is 40.3 Å². The topological polar surface area (TPSA) is 97.8 Å². The van der Waals surface area contributed by atoms with E-state index in [4.69, 9.17) is 4.74 Å². The van der Waals surface area contributed by atoms with Crippen LogP contribution in [0.4, 0.5) is 13.8 Å². The third kappa shape index (κ3) is 3.69. The van der Waals surface area contributed by atoms with Crippen molar-refractivity contribution in [2.24, 2.45) is 0 Å². The molecule has 0 bridgehead atoms. The summed E-state index contributed by atoms with van der Waals surface area (Å²) in [5, 5.41) is -0.373. The molecule has 0 saturated carbocycles. The number of hydrogen-bond donors (Lipinski definition) is 0. The van der Waals surface area contributed by atoms with Crippen molar-refractivity contribution in [1.82, 2.24) is 0 Å². The highest BCUT2D eigenvalue weighted by Gasteiger charge is 2.38. The van der Waals surface area contributed by atoms with Gasteiger partial charge in [0.1, 0.15) is 5.82 Å². The van der Waals surface area contributed by atoms with Gasteiger partial charge in [0.25, 0.3) is 0 Å². The molecular weight excluding hydrogens is 424 g/mol. The molecule has 0 aliphatic heterocycles. The standard InChI is InChI=1S/C15H13F2NO6S3/c1-26(20,21)18(27(2,22)23)15-13(9-4-5-11(19)14(9)25-15)24-12-6-3-8(16)7-10(12)17/h3,6-7H,4-5H2,1-2H3. The summed E-state index contributed by atoms with van der Waals surface area (Å²) >= 11 is 0.643. The van der Waals surface area contributed by atoms with Gasteiger partial charge in [-0.2, -0.15) is 3.71 Å². The van der Waals surface area contributed by atoms with E-state index in [1.54, 1.807) is 0 Å². The quantitative estimate of drug-likeness (QED) is 0.713. The molecule has 0 saturated heterocycles. The number of benzene rings is 1. The monoisotopic (exact) mass is 437 g/mol. The maximum atomic E-state index is 14.0. The number of ether oxygens (including phenoxy) is 1. The molecule has 1 aliphatic carbocycles. The van der Waals surface area contributed by atoms with Gasteiger partial charge in [0, 0.05) is 18.1 Å². The molecule has 0 amide bonds. The summed E-state index contributed by atoms with van der Waals surface area (Å²) in [6, 6.07) is 2.49. The Labute approximate surface area is 158 Å². The zero-order chi connectivity index (χ0) is 20.1. The van der Waals surface area contributed by atoms with Gasteiger partial charge in [0.15, 0.2) is 28.1 Å². The van der Waals surface area contributed by atoms with E-state index < -0.39 is 37.4 Å². The van der Waals surface area contributed by atoms with Crippen molar-refractivity contribution in [2.45, 2.75) is 12.8 Å². The second kappa shape index (κ2) is 6.53. The predicted octanol–water partition coefficient (Wildman–Crippen LogP) is 2.67. The van der Waals surface area contributed by atoms with Gasteiger partial charge in [0.2, 0.25) is 20.0 Å². The van der Waals surface area contributed by atoms with Gasteiger partial charge < -0.3 is 4.74 Å². The molecule has 12 heteroatoms.